The smallest absolute Gasteiger partial charge is 0.184 e. The van der Waals surface area contributed by atoms with Crippen LogP contribution in [0.1, 0.15) is 52.9 Å². The van der Waals surface area contributed by atoms with Gasteiger partial charge in [-0.05, 0) is 56.8 Å². The Kier molecular flexibility index (Phi) is 3.77. The molecule has 0 aromatic rings. The summed E-state index contributed by atoms with van der Waals surface area (Å²) in [6.45, 7) is 6.86. The van der Waals surface area contributed by atoms with E-state index in [2.05, 4.69) is 26.1 Å². The van der Waals surface area contributed by atoms with Gasteiger partial charge >= 0.3 is 0 Å². The summed E-state index contributed by atoms with van der Waals surface area (Å²) in [5.41, 5.74) is 0. The zero-order valence-corrected chi connectivity index (χ0v) is 13.5. The molecule has 1 saturated carbocycles. The predicted octanol–water partition coefficient (Wildman–Crippen LogP) is 2.67. The largest absolute Gasteiger partial charge is 0.353 e. The van der Waals surface area contributed by atoms with Gasteiger partial charge in [-0.25, -0.2) is 0 Å². The van der Waals surface area contributed by atoms with Crippen LogP contribution in [0.25, 0.3) is 0 Å². The number of rotatable bonds is 4. The molecule has 0 aromatic carbocycles. The van der Waals surface area contributed by atoms with E-state index in [1.807, 2.05) is 0 Å². The molecule has 4 nitrogen and oxygen atoms in total. The number of hydrogen-bond acceptors (Lipinski definition) is 4. The van der Waals surface area contributed by atoms with Crippen molar-refractivity contribution < 1.29 is 14.2 Å². The fraction of sp³-hybridized carbons (Fsp3) is 1.00. The van der Waals surface area contributed by atoms with E-state index in [0.29, 0.717) is 30.3 Å². The third-order valence-electron chi connectivity index (χ3n) is 6.10. The summed E-state index contributed by atoms with van der Waals surface area (Å²) in [5.74, 6) is 2.13. The Morgan fingerprint density at radius 1 is 1.10 bits per heavy atom. The molecule has 120 valence electrons. The molecule has 1 N–H and O–H groups in total. The molecule has 4 fully saturated rings. The highest BCUT2D eigenvalue weighted by Crippen LogP contribution is 2.48. The van der Waals surface area contributed by atoms with Crippen molar-refractivity contribution in [2.45, 2.75) is 89.7 Å². The lowest BCUT2D eigenvalue weighted by Crippen LogP contribution is -2.40. The maximum Gasteiger partial charge on any atom is 0.184 e. The highest BCUT2D eigenvalue weighted by Gasteiger charge is 2.53. The topological polar surface area (TPSA) is 46.3 Å². The van der Waals surface area contributed by atoms with Gasteiger partial charge in [0.2, 0.25) is 0 Å². The van der Waals surface area contributed by atoms with E-state index >= 15 is 0 Å². The van der Waals surface area contributed by atoms with Crippen molar-refractivity contribution in [2.24, 2.45) is 17.8 Å². The molecule has 4 rings (SSSR count). The molecule has 9 unspecified atom stereocenters. The summed E-state index contributed by atoms with van der Waals surface area (Å²) in [4.78, 5) is 0. The van der Waals surface area contributed by atoms with Crippen LogP contribution in [0.15, 0.2) is 0 Å². The molecule has 21 heavy (non-hydrogen) atoms. The molecule has 1 aliphatic carbocycles. The van der Waals surface area contributed by atoms with Crippen molar-refractivity contribution in [3.8, 4) is 0 Å². The second kappa shape index (κ2) is 5.48. The second-order valence-corrected chi connectivity index (χ2v) is 7.66. The van der Waals surface area contributed by atoms with E-state index < -0.39 is 0 Å². The Hall–Kier alpha value is -0.160. The molecule has 0 radical (unpaired) electrons. The predicted molar refractivity (Wildman–Crippen MR) is 79.7 cm³/mol. The van der Waals surface area contributed by atoms with Crippen LogP contribution in [-0.4, -0.2) is 36.9 Å². The van der Waals surface area contributed by atoms with Gasteiger partial charge in [-0.15, -0.1) is 0 Å². The molecule has 0 aromatic heterocycles. The molecule has 4 heteroatoms. The van der Waals surface area contributed by atoms with Crippen molar-refractivity contribution in [1.29, 1.82) is 0 Å². The normalized spacial score (nSPS) is 53.3. The van der Waals surface area contributed by atoms with E-state index in [1.54, 1.807) is 0 Å². The minimum Gasteiger partial charge on any atom is -0.353 e. The van der Waals surface area contributed by atoms with Crippen LogP contribution < -0.4 is 5.32 Å². The van der Waals surface area contributed by atoms with Crippen LogP contribution in [0, 0.1) is 17.8 Å². The first-order valence-electron chi connectivity index (χ1n) is 8.88. The summed E-state index contributed by atoms with van der Waals surface area (Å²) in [5, 5.41) is 3.58. The Bertz CT molecular complexity index is 390. The maximum absolute atomic E-state index is 6.21. The number of epoxide rings is 2. The molecular weight excluding hydrogens is 266 g/mol. The minimum atomic E-state index is 0.111. The van der Waals surface area contributed by atoms with Crippen molar-refractivity contribution in [1.82, 2.24) is 5.32 Å². The lowest BCUT2D eigenvalue weighted by atomic mass is 9.70. The van der Waals surface area contributed by atoms with Crippen molar-refractivity contribution in [2.75, 3.05) is 0 Å². The molecule has 0 spiro atoms. The van der Waals surface area contributed by atoms with E-state index in [9.17, 15) is 0 Å². The zero-order valence-electron chi connectivity index (χ0n) is 13.5. The van der Waals surface area contributed by atoms with Gasteiger partial charge in [0.25, 0.3) is 0 Å². The van der Waals surface area contributed by atoms with Gasteiger partial charge in [-0.2, -0.15) is 0 Å². The van der Waals surface area contributed by atoms with Gasteiger partial charge in [-0.3, -0.25) is 5.32 Å². The monoisotopic (exact) mass is 295 g/mol. The Morgan fingerprint density at radius 2 is 1.90 bits per heavy atom. The van der Waals surface area contributed by atoms with E-state index in [4.69, 9.17) is 14.2 Å². The first-order chi connectivity index (χ1) is 10.2. The molecule has 3 saturated heterocycles. The first-order valence-corrected chi connectivity index (χ1v) is 8.88. The number of ether oxygens (including phenoxy) is 3. The molecular formula is C17H29NO3. The third kappa shape index (κ3) is 2.88. The zero-order chi connectivity index (χ0) is 14.6. The quantitative estimate of drug-likeness (QED) is 0.810. The summed E-state index contributed by atoms with van der Waals surface area (Å²) in [6, 6.07) is 0.545. The van der Waals surface area contributed by atoms with Crippen LogP contribution in [0.4, 0.5) is 0 Å². The standard InChI is InChI=1S/C17H29NO3/c1-4-10(3)18-16-15(21-16)11-7-9(2)12-5-6-13-17(19-13)20-14(12)8-11/h9-18H,4-8H2,1-3H3. The maximum atomic E-state index is 6.21. The molecule has 3 aliphatic heterocycles. The minimum absolute atomic E-state index is 0.111. The summed E-state index contributed by atoms with van der Waals surface area (Å²) in [7, 11) is 0. The van der Waals surface area contributed by atoms with Gasteiger partial charge in [0.1, 0.15) is 18.4 Å². The van der Waals surface area contributed by atoms with Crippen LogP contribution in [0.5, 0.6) is 0 Å². The van der Waals surface area contributed by atoms with Gasteiger partial charge in [0.05, 0.1) is 6.10 Å². The van der Waals surface area contributed by atoms with Crippen molar-refractivity contribution in [3.05, 3.63) is 0 Å². The Morgan fingerprint density at radius 3 is 2.71 bits per heavy atom. The third-order valence-corrected chi connectivity index (χ3v) is 6.10. The lowest BCUT2D eigenvalue weighted by molar-refractivity contribution is -0.0860. The molecule has 0 amide bonds. The van der Waals surface area contributed by atoms with Gasteiger partial charge in [-0.1, -0.05) is 13.8 Å². The van der Waals surface area contributed by atoms with Crippen LogP contribution in [0.2, 0.25) is 0 Å². The van der Waals surface area contributed by atoms with Gasteiger partial charge < -0.3 is 14.2 Å². The first kappa shape index (κ1) is 14.4. The second-order valence-electron chi connectivity index (χ2n) is 7.66. The van der Waals surface area contributed by atoms with Crippen LogP contribution in [0.3, 0.4) is 0 Å². The Balaban J connectivity index is 1.36. The average Bonchev–Trinajstić information content (AvgIpc) is 3.31. The number of fused-ring (bicyclic) bond motifs is 2. The van der Waals surface area contributed by atoms with Gasteiger partial charge in [0, 0.05) is 6.04 Å². The SMILES string of the molecule is CCC(C)NC1OC1C1CC(C)C2CCC3OC3OC2C1. The highest BCUT2D eigenvalue weighted by molar-refractivity contribution is 4.98. The van der Waals surface area contributed by atoms with Crippen LogP contribution >= 0.6 is 0 Å². The molecule has 3 heterocycles. The van der Waals surface area contributed by atoms with Crippen molar-refractivity contribution >= 4 is 0 Å². The van der Waals surface area contributed by atoms with Gasteiger partial charge in [0.15, 0.2) is 6.29 Å². The van der Waals surface area contributed by atoms with E-state index in [0.717, 1.165) is 24.7 Å². The average molecular weight is 295 g/mol. The van der Waals surface area contributed by atoms with Crippen molar-refractivity contribution in [3.63, 3.8) is 0 Å². The molecule has 9 atom stereocenters. The lowest BCUT2D eigenvalue weighted by Gasteiger charge is -2.39. The summed E-state index contributed by atoms with van der Waals surface area (Å²) < 4.78 is 17.7. The summed E-state index contributed by atoms with van der Waals surface area (Å²) >= 11 is 0. The molecule has 0 bridgehead atoms. The fourth-order valence-electron chi connectivity index (χ4n) is 4.48. The Labute approximate surface area is 127 Å². The van der Waals surface area contributed by atoms with Crippen LogP contribution in [-0.2, 0) is 14.2 Å². The van der Waals surface area contributed by atoms with E-state index in [1.165, 1.54) is 19.3 Å². The number of hydrogen-bond donors (Lipinski definition) is 1. The number of nitrogens with one attached hydrogen (secondary N) is 1. The van der Waals surface area contributed by atoms with E-state index in [-0.39, 0.29) is 12.5 Å². The summed E-state index contributed by atoms with van der Waals surface area (Å²) in [6.07, 6.45) is 7.67. The fourth-order valence-corrected chi connectivity index (χ4v) is 4.48. The molecule has 4 aliphatic rings. The highest BCUT2D eigenvalue weighted by atomic mass is 16.8.